The van der Waals surface area contributed by atoms with Crippen LogP contribution in [0.25, 0.3) is 0 Å². The number of thioether (sulfide) groups is 1. The molecule has 0 saturated heterocycles. The van der Waals surface area contributed by atoms with Crippen molar-refractivity contribution in [2.75, 3.05) is 6.26 Å². The summed E-state index contributed by atoms with van der Waals surface area (Å²) in [6, 6.07) is 15.1. The van der Waals surface area contributed by atoms with Crippen LogP contribution in [0.4, 0.5) is 4.39 Å². The molecule has 4 rings (SSSR count). The third kappa shape index (κ3) is 6.75. The Morgan fingerprint density at radius 1 is 1.06 bits per heavy atom. The molecule has 3 N–H and O–H groups in total. The highest BCUT2D eigenvalue weighted by Gasteiger charge is 2.26. The summed E-state index contributed by atoms with van der Waals surface area (Å²) in [4.78, 5) is 30.4. The molecule has 3 aromatic rings. The summed E-state index contributed by atoms with van der Waals surface area (Å²) < 4.78 is 19.8. The standard InChI is InChI=1S/C27H28FN3O4S/c1-36-22-7-4-6-21(15-22)35-27-23(14-18(28)16-29-27)26(34)31-20-11-9-19(10-12-20)30-25(33)13-17-5-2-3-8-24(17)32/h2-8,14-16,19-20,32H,9-13H2,1H3,(H,30,33)(H,31,34)/t19-,20+. The third-order valence-corrected chi connectivity index (χ3v) is 6.81. The largest absolute Gasteiger partial charge is 0.508 e. The summed E-state index contributed by atoms with van der Waals surface area (Å²) in [5.41, 5.74) is 0.612. The van der Waals surface area contributed by atoms with Crippen LogP contribution in [0.3, 0.4) is 0 Å². The molecule has 0 aliphatic heterocycles. The van der Waals surface area contributed by atoms with Crippen molar-refractivity contribution in [2.24, 2.45) is 0 Å². The van der Waals surface area contributed by atoms with Crippen molar-refractivity contribution in [3.05, 3.63) is 77.7 Å². The fraction of sp³-hybridized carbons (Fsp3) is 0.296. The molecule has 0 spiro atoms. The molecule has 0 bridgehead atoms. The number of phenolic OH excluding ortho intramolecular Hbond substituents is 1. The number of aromatic nitrogens is 1. The van der Waals surface area contributed by atoms with Crippen LogP contribution in [0, 0.1) is 5.82 Å². The van der Waals surface area contributed by atoms with Crippen molar-refractivity contribution in [3.63, 3.8) is 0 Å². The maximum Gasteiger partial charge on any atom is 0.257 e. The number of ether oxygens (including phenoxy) is 1. The summed E-state index contributed by atoms with van der Waals surface area (Å²) in [5, 5.41) is 15.8. The van der Waals surface area contributed by atoms with Gasteiger partial charge >= 0.3 is 0 Å². The maximum atomic E-state index is 13.9. The third-order valence-electron chi connectivity index (χ3n) is 6.09. The molecule has 1 saturated carbocycles. The van der Waals surface area contributed by atoms with Gasteiger partial charge in [0.2, 0.25) is 11.8 Å². The van der Waals surface area contributed by atoms with Crippen LogP contribution in [0.5, 0.6) is 17.4 Å². The molecule has 7 nitrogen and oxygen atoms in total. The average molecular weight is 510 g/mol. The van der Waals surface area contributed by atoms with Crippen molar-refractivity contribution in [3.8, 4) is 17.4 Å². The van der Waals surface area contributed by atoms with E-state index in [1.165, 1.54) is 0 Å². The molecule has 1 fully saturated rings. The van der Waals surface area contributed by atoms with Gasteiger partial charge in [0.05, 0.1) is 12.6 Å². The monoisotopic (exact) mass is 509 g/mol. The molecule has 0 unspecified atom stereocenters. The van der Waals surface area contributed by atoms with Gasteiger partial charge in [0.15, 0.2) is 0 Å². The summed E-state index contributed by atoms with van der Waals surface area (Å²) in [7, 11) is 0. The lowest BCUT2D eigenvalue weighted by Gasteiger charge is -2.29. The van der Waals surface area contributed by atoms with E-state index in [2.05, 4.69) is 15.6 Å². The van der Waals surface area contributed by atoms with Crippen LogP contribution in [0.15, 0.2) is 65.7 Å². The van der Waals surface area contributed by atoms with E-state index in [-0.39, 0.29) is 41.6 Å². The molecule has 0 atom stereocenters. The first-order chi connectivity index (χ1) is 17.4. The molecule has 1 heterocycles. The minimum absolute atomic E-state index is 0.00468. The van der Waals surface area contributed by atoms with Crippen molar-refractivity contribution >= 4 is 23.6 Å². The number of para-hydroxylation sites is 1. The number of carbonyl (C=O) groups excluding carboxylic acids is 2. The molecule has 9 heteroatoms. The van der Waals surface area contributed by atoms with E-state index in [0.717, 1.165) is 17.2 Å². The Kier molecular flexibility index (Phi) is 8.43. The number of pyridine rings is 1. The summed E-state index contributed by atoms with van der Waals surface area (Å²) in [6.45, 7) is 0. The number of phenols is 1. The number of benzene rings is 2. The van der Waals surface area contributed by atoms with Gasteiger partial charge in [-0.05, 0) is 62.3 Å². The van der Waals surface area contributed by atoms with Crippen molar-refractivity contribution in [2.45, 2.75) is 49.1 Å². The summed E-state index contributed by atoms with van der Waals surface area (Å²) >= 11 is 1.56. The van der Waals surface area contributed by atoms with Gasteiger partial charge in [0.25, 0.3) is 5.91 Å². The van der Waals surface area contributed by atoms with Crippen LogP contribution in [0.1, 0.15) is 41.6 Å². The zero-order chi connectivity index (χ0) is 25.5. The molecular weight excluding hydrogens is 481 g/mol. The number of nitrogens with zero attached hydrogens (tertiary/aromatic N) is 1. The topological polar surface area (TPSA) is 101 Å². The Bertz CT molecular complexity index is 1230. The van der Waals surface area contributed by atoms with E-state index < -0.39 is 11.7 Å². The average Bonchev–Trinajstić information content (AvgIpc) is 2.87. The highest BCUT2D eigenvalue weighted by atomic mass is 32.2. The number of hydrogen-bond donors (Lipinski definition) is 3. The second kappa shape index (κ2) is 11.9. The number of carbonyl (C=O) groups is 2. The summed E-state index contributed by atoms with van der Waals surface area (Å²) in [5.74, 6) is -0.577. The van der Waals surface area contributed by atoms with Gasteiger partial charge in [0.1, 0.15) is 22.9 Å². The van der Waals surface area contributed by atoms with Crippen molar-refractivity contribution in [1.29, 1.82) is 0 Å². The van der Waals surface area contributed by atoms with Crippen LogP contribution in [-0.2, 0) is 11.2 Å². The highest BCUT2D eigenvalue weighted by molar-refractivity contribution is 7.98. The van der Waals surface area contributed by atoms with Gasteiger partial charge in [0, 0.05) is 22.5 Å². The maximum absolute atomic E-state index is 13.9. The van der Waals surface area contributed by atoms with E-state index >= 15 is 0 Å². The molecule has 1 aromatic heterocycles. The minimum Gasteiger partial charge on any atom is -0.508 e. The fourth-order valence-electron chi connectivity index (χ4n) is 4.20. The fourth-order valence-corrected chi connectivity index (χ4v) is 4.65. The predicted molar refractivity (Wildman–Crippen MR) is 136 cm³/mol. The molecule has 1 aliphatic carbocycles. The highest BCUT2D eigenvalue weighted by Crippen LogP contribution is 2.28. The Hall–Kier alpha value is -3.59. The lowest BCUT2D eigenvalue weighted by atomic mass is 9.90. The first-order valence-corrected chi connectivity index (χ1v) is 13.0. The van der Waals surface area contributed by atoms with Crippen LogP contribution in [-0.4, -0.2) is 40.2 Å². The first kappa shape index (κ1) is 25.5. The second-order valence-electron chi connectivity index (χ2n) is 8.68. The number of amides is 2. The minimum atomic E-state index is -0.624. The van der Waals surface area contributed by atoms with E-state index in [1.807, 2.05) is 24.5 Å². The molecule has 2 aromatic carbocycles. The molecule has 2 amide bonds. The zero-order valence-corrected chi connectivity index (χ0v) is 20.7. The lowest BCUT2D eigenvalue weighted by Crippen LogP contribution is -2.44. The van der Waals surface area contributed by atoms with Gasteiger partial charge in [-0.2, -0.15) is 0 Å². The molecule has 1 aliphatic rings. The quantitative estimate of drug-likeness (QED) is 0.376. The number of aromatic hydroxyl groups is 1. The first-order valence-electron chi connectivity index (χ1n) is 11.8. The van der Waals surface area contributed by atoms with Crippen LogP contribution < -0.4 is 15.4 Å². The van der Waals surface area contributed by atoms with Crippen molar-refractivity contribution < 1.29 is 23.8 Å². The van der Waals surface area contributed by atoms with Gasteiger partial charge in [-0.1, -0.05) is 24.3 Å². The van der Waals surface area contributed by atoms with Gasteiger partial charge in [-0.25, -0.2) is 9.37 Å². The summed E-state index contributed by atoms with van der Waals surface area (Å²) in [6.07, 6.45) is 5.81. The van der Waals surface area contributed by atoms with E-state index in [1.54, 1.807) is 42.1 Å². The SMILES string of the molecule is CSc1cccc(Oc2ncc(F)cc2C(=O)N[C@H]2CC[C@@H](NC(=O)Cc3ccccc3O)CC2)c1. The Labute approximate surface area is 213 Å². The van der Waals surface area contributed by atoms with Crippen LogP contribution >= 0.6 is 11.8 Å². The molecule has 188 valence electrons. The second-order valence-corrected chi connectivity index (χ2v) is 9.56. The van der Waals surface area contributed by atoms with Gasteiger partial charge in [-0.15, -0.1) is 11.8 Å². The van der Waals surface area contributed by atoms with E-state index in [9.17, 15) is 19.1 Å². The zero-order valence-electron chi connectivity index (χ0n) is 19.9. The molecule has 0 radical (unpaired) electrons. The van der Waals surface area contributed by atoms with Gasteiger partial charge < -0.3 is 20.5 Å². The number of halogens is 1. The van der Waals surface area contributed by atoms with Crippen molar-refractivity contribution in [1.82, 2.24) is 15.6 Å². The molecule has 36 heavy (non-hydrogen) atoms. The number of rotatable bonds is 8. The van der Waals surface area contributed by atoms with Gasteiger partial charge in [-0.3, -0.25) is 9.59 Å². The Morgan fingerprint density at radius 2 is 1.78 bits per heavy atom. The van der Waals surface area contributed by atoms with Crippen LogP contribution in [0.2, 0.25) is 0 Å². The lowest BCUT2D eigenvalue weighted by molar-refractivity contribution is -0.121. The normalized spacial score (nSPS) is 17.3. The van der Waals surface area contributed by atoms with E-state index in [0.29, 0.717) is 37.0 Å². The van der Waals surface area contributed by atoms with E-state index in [4.69, 9.17) is 4.74 Å². The molecular formula is C27H28FN3O4S. The Balaban J connectivity index is 1.32. The number of hydrogen-bond acceptors (Lipinski definition) is 6. The number of nitrogens with one attached hydrogen (secondary N) is 2. The Morgan fingerprint density at radius 3 is 2.50 bits per heavy atom. The smallest absolute Gasteiger partial charge is 0.257 e. The predicted octanol–water partition coefficient (Wildman–Crippen LogP) is 4.84.